The van der Waals surface area contributed by atoms with Crippen molar-refractivity contribution in [2.75, 3.05) is 13.7 Å². The van der Waals surface area contributed by atoms with E-state index in [2.05, 4.69) is 17.4 Å². The lowest BCUT2D eigenvalue weighted by atomic mass is 9.90. The lowest BCUT2D eigenvalue weighted by molar-refractivity contribution is -0.120. The van der Waals surface area contributed by atoms with Crippen molar-refractivity contribution >= 4 is 5.91 Å². The van der Waals surface area contributed by atoms with Gasteiger partial charge in [0.15, 0.2) is 0 Å². The number of halogens is 1. The smallest absolute Gasteiger partial charge is 0.219 e. The molecule has 0 saturated heterocycles. The molecular formula is C20H20FNO2. The third-order valence-corrected chi connectivity index (χ3v) is 5.43. The van der Waals surface area contributed by atoms with E-state index in [1.165, 1.54) is 11.6 Å². The number of ether oxygens (including phenoxy) is 1. The van der Waals surface area contributed by atoms with Crippen LogP contribution < -0.4 is 10.1 Å². The van der Waals surface area contributed by atoms with Crippen molar-refractivity contribution in [1.29, 1.82) is 0 Å². The molecule has 0 aliphatic heterocycles. The van der Waals surface area contributed by atoms with Gasteiger partial charge in [-0.25, -0.2) is 4.39 Å². The third-order valence-electron chi connectivity index (χ3n) is 5.43. The van der Waals surface area contributed by atoms with Gasteiger partial charge in [0.25, 0.3) is 0 Å². The number of benzene rings is 2. The fraction of sp³-hybridized carbons (Fsp3) is 0.350. The summed E-state index contributed by atoms with van der Waals surface area (Å²) >= 11 is 0. The largest absolute Gasteiger partial charge is 0.497 e. The minimum atomic E-state index is -0.212. The molecule has 1 saturated carbocycles. The Morgan fingerprint density at radius 2 is 1.96 bits per heavy atom. The zero-order valence-corrected chi connectivity index (χ0v) is 13.9. The number of nitrogens with one attached hydrogen (secondary N) is 1. The minimum absolute atomic E-state index is 0.0559. The molecule has 4 rings (SSSR count). The molecule has 3 nitrogen and oxygen atoms in total. The van der Waals surface area contributed by atoms with Gasteiger partial charge in [-0.1, -0.05) is 19.1 Å². The molecule has 0 unspecified atom stereocenters. The van der Waals surface area contributed by atoms with Gasteiger partial charge in [0, 0.05) is 18.4 Å². The molecule has 1 N–H and O–H groups in total. The first-order chi connectivity index (χ1) is 11.6. The molecule has 124 valence electrons. The van der Waals surface area contributed by atoms with Gasteiger partial charge in [-0.15, -0.1) is 0 Å². The first kappa shape index (κ1) is 15.2. The number of amides is 1. The van der Waals surface area contributed by atoms with Crippen LogP contribution in [0.2, 0.25) is 0 Å². The van der Waals surface area contributed by atoms with Crippen LogP contribution in [0.15, 0.2) is 36.4 Å². The molecule has 0 bridgehead atoms. The molecule has 0 heterocycles. The average molecular weight is 325 g/mol. The first-order valence-corrected chi connectivity index (χ1v) is 8.35. The highest BCUT2D eigenvalue weighted by atomic mass is 19.1. The van der Waals surface area contributed by atoms with E-state index in [1.807, 2.05) is 19.1 Å². The van der Waals surface area contributed by atoms with Crippen LogP contribution in [-0.2, 0) is 10.2 Å². The standard InChI is InChI=1S/C20H20FNO2/c1-3-19(23)22-11-12-10-20(12)17-8-13(21)4-6-15(17)16-7-5-14(24-2)9-18(16)20/h4-9,12H,3,10-11H2,1-2H3,(H,22,23)/t12-,20+/m1/s1. The fourth-order valence-corrected chi connectivity index (χ4v) is 4.12. The van der Waals surface area contributed by atoms with Crippen molar-refractivity contribution in [2.45, 2.75) is 25.2 Å². The second kappa shape index (κ2) is 5.33. The van der Waals surface area contributed by atoms with E-state index in [0.717, 1.165) is 28.9 Å². The number of rotatable bonds is 4. The maximum absolute atomic E-state index is 13.9. The van der Waals surface area contributed by atoms with Crippen molar-refractivity contribution in [3.05, 3.63) is 53.3 Å². The fourth-order valence-electron chi connectivity index (χ4n) is 4.12. The number of fused-ring (bicyclic) bond motifs is 5. The summed E-state index contributed by atoms with van der Waals surface area (Å²) in [4.78, 5) is 11.6. The summed E-state index contributed by atoms with van der Waals surface area (Å²) in [6.45, 7) is 2.47. The summed E-state index contributed by atoms with van der Waals surface area (Å²) in [5, 5.41) is 2.99. The SMILES string of the molecule is CCC(=O)NC[C@H]1C[C@@]12c1cc(F)ccc1-c1ccc(OC)cc12. The van der Waals surface area contributed by atoms with Crippen LogP contribution in [0.3, 0.4) is 0 Å². The molecule has 24 heavy (non-hydrogen) atoms. The lowest BCUT2D eigenvalue weighted by Crippen LogP contribution is -2.27. The zero-order chi connectivity index (χ0) is 16.9. The highest BCUT2D eigenvalue weighted by Crippen LogP contribution is 2.66. The molecule has 2 aliphatic carbocycles. The van der Waals surface area contributed by atoms with Gasteiger partial charge in [-0.2, -0.15) is 0 Å². The van der Waals surface area contributed by atoms with Crippen LogP contribution in [-0.4, -0.2) is 19.6 Å². The predicted octanol–water partition coefficient (Wildman–Crippen LogP) is 3.65. The van der Waals surface area contributed by atoms with E-state index in [0.29, 0.717) is 18.9 Å². The molecule has 0 radical (unpaired) electrons. The third kappa shape index (κ3) is 2.05. The van der Waals surface area contributed by atoms with E-state index in [1.54, 1.807) is 13.2 Å². The van der Waals surface area contributed by atoms with Crippen LogP contribution >= 0.6 is 0 Å². The van der Waals surface area contributed by atoms with Crippen molar-refractivity contribution < 1.29 is 13.9 Å². The summed E-state index contributed by atoms with van der Waals surface area (Å²) in [6, 6.07) is 11.1. The number of hydrogen-bond donors (Lipinski definition) is 1. The molecule has 2 aromatic rings. The van der Waals surface area contributed by atoms with Gasteiger partial charge < -0.3 is 10.1 Å². The van der Waals surface area contributed by atoms with Gasteiger partial charge in [0.2, 0.25) is 5.91 Å². The van der Waals surface area contributed by atoms with Gasteiger partial charge in [-0.05, 0) is 58.9 Å². The van der Waals surface area contributed by atoms with Crippen LogP contribution in [0.5, 0.6) is 5.75 Å². The quantitative estimate of drug-likeness (QED) is 0.932. The molecule has 2 atom stereocenters. The number of carbonyl (C=O) groups is 1. The van der Waals surface area contributed by atoms with Crippen LogP contribution in [0.1, 0.15) is 30.9 Å². The number of hydrogen-bond acceptors (Lipinski definition) is 2. The van der Waals surface area contributed by atoms with E-state index < -0.39 is 0 Å². The topological polar surface area (TPSA) is 38.3 Å². The van der Waals surface area contributed by atoms with E-state index in [4.69, 9.17) is 4.74 Å². The van der Waals surface area contributed by atoms with Gasteiger partial charge in [0.1, 0.15) is 11.6 Å². The van der Waals surface area contributed by atoms with Gasteiger partial charge in [-0.3, -0.25) is 4.79 Å². The maximum Gasteiger partial charge on any atom is 0.219 e. The summed E-state index contributed by atoms with van der Waals surface area (Å²) in [7, 11) is 1.65. The second-order valence-electron chi connectivity index (χ2n) is 6.63. The molecular weight excluding hydrogens is 305 g/mol. The maximum atomic E-state index is 13.9. The van der Waals surface area contributed by atoms with Crippen LogP contribution in [0, 0.1) is 11.7 Å². The molecule has 2 aromatic carbocycles. The Hall–Kier alpha value is -2.36. The molecule has 1 fully saturated rings. The molecule has 1 amide bonds. The molecule has 2 aliphatic rings. The van der Waals surface area contributed by atoms with Gasteiger partial charge in [0.05, 0.1) is 7.11 Å². The molecule has 1 spiro atoms. The van der Waals surface area contributed by atoms with Crippen LogP contribution in [0.25, 0.3) is 11.1 Å². The Morgan fingerprint density at radius 3 is 2.67 bits per heavy atom. The second-order valence-corrected chi connectivity index (χ2v) is 6.63. The highest BCUT2D eigenvalue weighted by Gasteiger charge is 2.60. The predicted molar refractivity (Wildman–Crippen MR) is 90.6 cm³/mol. The monoisotopic (exact) mass is 325 g/mol. The number of methoxy groups -OCH3 is 1. The summed E-state index contributed by atoms with van der Waals surface area (Å²) < 4.78 is 19.3. The summed E-state index contributed by atoms with van der Waals surface area (Å²) in [5.74, 6) is 0.947. The Bertz CT molecular complexity index is 832. The van der Waals surface area contributed by atoms with E-state index >= 15 is 0 Å². The molecule has 4 heteroatoms. The average Bonchev–Trinajstić information content (AvgIpc) is 3.27. The number of carbonyl (C=O) groups excluding carboxylic acids is 1. The Kier molecular flexibility index (Phi) is 3.37. The van der Waals surface area contributed by atoms with E-state index in [-0.39, 0.29) is 17.1 Å². The first-order valence-electron chi connectivity index (χ1n) is 8.35. The lowest BCUT2D eigenvalue weighted by Gasteiger charge is -2.15. The van der Waals surface area contributed by atoms with Crippen molar-refractivity contribution in [3.63, 3.8) is 0 Å². The Morgan fingerprint density at radius 1 is 1.25 bits per heavy atom. The summed E-state index contributed by atoms with van der Waals surface area (Å²) in [5.41, 5.74) is 4.29. The highest BCUT2D eigenvalue weighted by molar-refractivity contribution is 5.84. The normalized spacial score (nSPS) is 22.9. The molecule has 0 aromatic heterocycles. The van der Waals surface area contributed by atoms with Crippen molar-refractivity contribution in [2.24, 2.45) is 5.92 Å². The zero-order valence-electron chi connectivity index (χ0n) is 13.9. The van der Waals surface area contributed by atoms with Crippen LogP contribution in [0.4, 0.5) is 4.39 Å². The van der Waals surface area contributed by atoms with Crippen molar-refractivity contribution in [1.82, 2.24) is 5.32 Å². The minimum Gasteiger partial charge on any atom is -0.497 e. The Labute approximate surface area is 140 Å². The van der Waals surface area contributed by atoms with Crippen molar-refractivity contribution in [3.8, 4) is 16.9 Å². The van der Waals surface area contributed by atoms with E-state index in [9.17, 15) is 9.18 Å². The van der Waals surface area contributed by atoms with Gasteiger partial charge >= 0.3 is 0 Å². The Balaban J connectivity index is 1.77. The summed E-state index contributed by atoms with van der Waals surface area (Å²) in [6.07, 6.45) is 1.41.